The molecule has 0 unspecified atom stereocenters. The normalized spacial score (nSPS) is 14.5. The molecule has 1 aliphatic carbocycles. The summed E-state index contributed by atoms with van der Waals surface area (Å²) in [4.78, 5) is 11.6. The van der Waals surface area contributed by atoms with E-state index in [0.29, 0.717) is 27.3 Å². The minimum Gasteiger partial charge on any atom is -0.484 e. The maximum Gasteiger partial charge on any atom is 0.158 e. The Bertz CT molecular complexity index is 714. The van der Waals surface area contributed by atoms with Crippen molar-refractivity contribution in [2.75, 3.05) is 0 Å². The van der Waals surface area contributed by atoms with Gasteiger partial charge in [0.2, 0.25) is 0 Å². The third kappa shape index (κ3) is 3.73. The van der Waals surface area contributed by atoms with Gasteiger partial charge < -0.3 is 9.15 Å². The van der Waals surface area contributed by atoms with E-state index >= 15 is 0 Å². The Labute approximate surface area is 138 Å². The number of hydrogen-bond donors (Lipinski definition) is 0. The lowest BCUT2D eigenvalue weighted by molar-refractivity contribution is -0.115. The van der Waals surface area contributed by atoms with Crippen LogP contribution < -0.4 is 4.74 Å². The van der Waals surface area contributed by atoms with Gasteiger partial charge in [-0.25, -0.2) is 0 Å². The first kappa shape index (κ1) is 15.2. The Kier molecular flexibility index (Phi) is 4.55. The van der Waals surface area contributed by atoms with E-state index in [-0.39, 0.29) is 18.3 Å². The van der Waals surface area contributed by atoms with E-state index < -0.39 is 0 Å². The predicted octanol–water partition coefficient (Wildman–Crippen LogP) is 5.16. The van der Waals surface area contributed by atoms with Crippen LogP contribution in [0.15, 0.2) is 40.8 Å². The lowest BCUT2D eigenvalue weighted by Gasteiger charge is -2.06. The number of benzene rings is 1. The Morgan fingerprint density at radius 3 is 2.86 bits per heavy atom. The van der Waals surface area contributed by atoms with Gasteiger partial charge in [-0.15, -0.1) is 0 Å². The summed E-state index contributed by atoms with van der Waals surface area (Å²) < 4.78 is 11.2. The van der Waals surface area contributed by atoms with Crippen molar-refractivity contribution in [3.63, 3.8) is 0 Å². The van der Waals surface area contributed by atoms with Gasteiger partial charge in [0, 0.05) is 5.92 Å². The zero-order valence-corrected chi connectivity index (χ0v) is 13.2. The van der Waals surface area contributed by atoms with Crippen LogP contribution in [-0.4, -0.2) is 5.78 Å². The van der Waals surface area contributed by atoms with Crippen LogP contribution in [0.2, 0.25) is 10.0 Å². The van der Waals surface area contributed by atoms with E-state index in [1.165, 1.54) is 0 Å². The molecule has 0 saturated heterocycles. The van der Waals surface area contributed by atoms with E-state index in [0.717, 1.165) is 12.8 Å². The van der Waals surface area contributed by atoms with Gasteiger partial charge >= 0.3 is 0 Å². The van der Waals surface area contributed by atoms with E-state index in [4.69, 9.17) is 32.4 Å². The first-order chi connectivity index (χ1) is 10.6. The molecule has 0 amide bonds. The van der Waals surface area contributed by atoms with Gasteiger partial charge in [0.25, 0.3) is 0 Å². The standard InChI is InChI=1S/C17H14Cl2O3/c18-14-2-1-3-16(17(14)19)21-10-13-7-6-12(22-13)8-9-15(20)11-4-5-11/h1-3,6-9,11H,4-5,10H2/b9-8+. The molecule has 0 aliphatic heterocycles. The summed E-state index contributed by atoms with van der Waals surface area (Å²) in [5.74, 6) is 2.17. The number of carbonyl (C=O) groups is 1. The number of ketones is 1. The van der Waals surface area contributed by atoms with Crippen LogP contribution in [0.3, 0.4) is 0 Å². The molecular weight excluding hydrogens is 323 g/mol. The second-order valence-corrected chi connectivity index (χ2v) is 5.94. The van der Waals surface area contributed by atoms with Crippen LogP contribution in [0.25, 0.3) is 6.08 Å². The van der Waals surface area contributed by atoms with Gasteiger partial charge in [-0.3, -0.25) is 4.79 Å². The number of furan rings is 1. The molecule has 5 heteroatoms. The van der Waals surface area contributed by atoms with Crippen LogP contribution >= 0.6 is 23.2 Å². The van der Waals surface area contributed by atoms with Crippen molar-refractivity contribution in [2.45, 2.75) is 19.4 Å². The second kappa shape index (κ2) is 6.59. The lowest BCUT2D eigenvalue weighted by Crippen LogP contribution is -1.94. The highest BCUT2D eigenvalue weighted by molar-refractivity contribution is 6.42. The molecule has 3 rings (SSSR count). The fourth-order valence-electron chi connectivity index (χ4n) is 1.97. The molecule has 0 spiro atoms. The van der Waals surface area contributed by atoms with Gasteiger partial charge in [0.15, 0.2) is 5.78 Å². The van der Waals surface area contributed by atoms with E-state index in [1.54, 1.807) is 42.5 Å². The monoisotopic (exact) mass is 336 g/mol. The smallest absolute Gasteiger partial charge is 0.158 e. The van der Waals surface area contributed by atoms with Crippen molar-refractivity contribution < 1.29 is 13.9 Å². The summed E-state index contributed by atoms with van der Waals surface area (Å²) in [5, 5.41) is 0.826. The highest BCUT2D eigenvalue weighted by Crippen LogP contribution is 2.32. The molecule has 2 aromatic rings. The molecule has 1 aromatic heterocycles. The molecule has 22 heavy (non-hydrogen) atoms. The lowest BCUT2D eigenvalue weighted by atomic mass is 10.2. The first-order valence-corrected chi connectivity index (χ1v) is 7.76. The van der Waals surface area contributed by atoms with Crippen molar-refractivity contribution in [1.29, 1.82) is 0 Å². The molecular formula is C17H14Cl2O3. The number of rotatable bonds is 6. The maximum atomic E-state index is 11.6. The average molecular weight is 337 g/mol. The molecule has 0 radical (unpaired) electrons. The van der Waals surface area contributed by atoms with Crippen LogP contribution in [0.4, 0.5) is 0 Å². The third-order valence-corrected chi connectivity index (χ3v) is 4.16. The van der Waals surface area contributed by atoms with Crippen LogP contribution in [-0.2, 0) is 11.4 Å². The molecule has 1 heterocycles. The summed E-state index contributed by atoms with van der Waals surface area (Å²) >= 11 is 12.0. The second-order valence-electron chi connectivity index (χ2n) is 5.15. The topological polar surface area (TPSA) is 39.4 Å². The van der Waals surface area contributed by atoms with Crippen LogP contribution in [0.5, 0.6) is 5.75 Å². The molecule has 1 aromatic carbocycles. The number of allylic oxidation sites excluding steroid dienone is 1. The van der Waals surface area contributed by atoms with Crippen molar-refractivity contribution in [2.24, 2.45) is 5.92 Å². The van der Waals surface area contributed by atoms with Crippen LogP contribution in [0, 0.1) is 5.92 Å². The number of hydrogen-bond acceptors (Lipinski definition) is 3. The molecule has 1 saturated carbocycles. The summed E-state index contributed by atoms with van der Waals surface area (Å²) in [7, 11) is 0. The Morgan fingerprint density at radius 2 is 2.09 bits per heavy atom. The first-order valence-electron chi connectivity index (χ1n) is 7.01. The Morgan fingerprint density at radius 1 is 1.27 bits per heavy atom. The zero-order chi connectivity index (χ0) is 15.5. The third-order valence-electron chi connectivity index (χ3n) is 3.36. The maximum absolute atomic E-state index is 11.6. The predicted molar refractivity (Wildman–Crippen MR) is 86.3 cm³/mol. The average Bonchev–Trinajstić information content (AvgIpc) is 3.27. The summed E-state index contributed by atoms with van der Waals surface area (Å²) in [6.45, 7) is 0.241. The Hall–Kier alpha value is -1.71. The molecule has 1 aliphatic rings. The van der Waals surface area contributed by atoms with Crippen LogP contribution in [0.1, 0.15) is 24.4 Å². The molecule has 3 nitrogen and oxygen atoms in total. The van der Waals surface area contributed by atoms with Gasteiger partial charge in [0.05, 0.1) is 5.02 Å². The highest BCUT2D eigenvalue weighted by atomic mass is 35.5. The fraction of sp³-hybridized carbons (Fsp3) is 0.235. The summed E-state index contributed by atoms with van der Waals surface area (Å²) in [5.41, 5.74) is 0. The molecule has 114 valence electrons. The highest BCUT2D eigenvalue weighted by Gasteiger charge is 2.27. The van der Waals surface area contributed by atoms with Crippen molar-refractivity contribution >= 4 is 35.1 Å². The summed E-state index contributed by atoms with van der Waals surface area (Å²) in [6.07, 6.45) is 5.27. The minimum atomic E-state index is 0.167. The fourth-order valence-corrected chi connectivity index (χ4v) is 2.32. The number of ether oxygens (including phenoxy) is 1. The van der Waals surface area contributed by atoms with E-state index in [9.17, 15) is 4.79 Å². The zero-order valence-electron chi connectivity index (χ0n) is 11.7. The van der Waals surface area contributed by atoms with Crippen molar-refractivity contribution in [1.82, 2.24) is 0 Å². The molecule has 1 fully saturated rings. The van der Waals surface area contributed by atoms with Gasteiger partial charge in [0.1, 0.15) is 28.9 Å². The summed E-state index contributed by atoms with van der Waals surface area (Å²) in [6, 6.07) is 8.81. The van der Waals surface area contributed by atoms with Gasteiger partial charge in [-0.2, -0.15) is 0 Å². The number of halogens is 2. The van der Waals surface area contributed by atoms with Gasteiger partial charge in [-0.1, -0.05) is 29.3 Å². The van der Waals surface area contributed by atoms with Crippen molar-refractivity contribution in [3.05, 3.63) is 58.0 Å². The largest absolute Gasteiger partial charge is 0.484 e. The van der Waals surface area contributed by atoms with Gasteiger partial charge in [-0.05, 0) is 49.3 Å². The van der Waals surface area contributed by atoms with Crippen molar-refractivity contribution in [3.8, 4) is 5.75 Å². The quantitative estimate of drug-likeness (QED) is 0.684. The molecule has 0 atom stereocenters. The molecule has 0 bridgehead atoms. The SMILES string of the molecule is O=C(/C=C/c1ccc(COc2cccc(Cl)c2Cl)o1)C1CC1. The minimum absolute atomic E-state index is 0.167. The van der Waals surface area contributed by atoms with E-state index in [2.05, 4.69) is 0 Å². The van der Waals surface area contributed by atoms with E-state index in [1.807, 2.05) is 0 Å². The molecule has 0 N–H and O–H groups in total. The number of carbonyl (C=O) groups excluding carboxylic acids is 1. The Balaban J connectivity index is 1.59.